The average Bonchev–Trinajstić information content (AvgIpc) is 2.95. The minimum Gasteiger partial charge on any atom is -0.455 e. The third kappa shape index (κ3) is 6.95. The van der Waals surface area contributed by atoms with Gasteiger partial charge in [0.05, 0.1) is 5.75 Å². The Labute approximate surface area is 168 Å². The van der Waals surface area contributed by atoms with Crippen molar-refractivity contribution >= 4 is 40.1 Å². The van der Waals surface area contributed by atoms with Crippen LogP contribution in [0.2, 0.25) is 0 Å². The molecule has 0 spiro atoms. The Morgan fingerprint density at radius 1 is 1.07 bits per heavy atom. The molecule has 1 aliphatic carbocycles. The summed E-state index contributed by atoms with van der Waals surface area (Å²) >= 11 is 2.77. The number of esters is 1. The lowest BCUT2D eigenvalue weighted by atomic mass is 9.96. The molecular formula is C18H28N4O3S2. The standard InChI is InChI=1S/C18H28N4O3S2/c23-15(22-10-6-1-2-7-11-22)12-25-16(24)13-26-18-21-20-17(27-18)19-14-8-4-3-5-9-14/h14H,1-13H2,(H,19,20). The van der Waals surface area contributed by atoms with Crippen molar-refractivity contribution in [3.8, 4) is 0 Å². The Balaban J connectivity index is 1.34. The van der Waals surface area contributed by atoms with E-state index in [2.05, 4.69) is 15.5 Å². The largest absolute Gasteiger partial charge is 0.455 e. The molecule has 0 unspecified atom stereocenters. The Hall–Kier alpha value is -1.35. The molecule has 1 aromatic heterocycles. The molecule has 7 nitrogen and oxygen atoms in total. The first-order valence-electron chi connectivity index (χ1n) is 9.87. The number of carbonyl (C=O) groups excluding carboxylic acids is 2. The van der Waals surface area contributed by atoms with Crippen LogP contribution in [-0.4, -0.2) is 58.5 Å². The van der Waals surface area contributed by atoms with Crippen molar-refractivity contribution in [1.29, 1.82) is 0 Å². The van der Waals surface area contributed by atoms with E-state index in [0.717, 1.165) is 35.4 Å². The van der Waals surface area contributed by atoms with Crippen LogP contribution in [0.4, 0.5) is 5.13 Å². The quantitative estimate of drug-likeness (QED) is 0.543. The molecule has 1 saturated heterocycles. The molecular weight excluding hydrogens is 384 g/mol. The fourth-order valence-corrected chi connectivity index (χ4v) is 5.09. The van der Waals surface area contributed by atoms with Gasteiger partial charge in [-0.1, -0.05) is 55.2 Å². The lowest BCUT2D eigenvalue weighted by Gasteiger charge is -2.21. The zero-order valence-electron chi connectivity index (χ0n) is 15.7. The predicted octanol–water partition coefficient (Wildman–Crippen LogP) is 3.32. The lowest BCUT2D eigenvalue weighted by molar-refractivity contribution is -0.149. The van der Waals surface area contributed by atoms with Crippen LogP contribution in [0.3, 0.4) is 0 Å². The molecule has 150 valence electrons. The summed E-state index contributed by atoms with van der Waals surface area (Å²) in [6, 6.07) is 0.486. The molecule has 1 aromatic rings. The number of aromatic nitrogens is 2. The highest BCUT2D eigenvalue weighted by Crippen LogP contribution is 2.28. The maximum absolute atomic E-state index is 12.1. The molecule has 0 atom stereocenters. The van der Waals surface area contributed by atoms with Crippen molar-refractivity contribution in [1.82, 2.24) is 15.1 Å². The van der Waals surface area contributed by atoms with Crippen LogP contribution >= 0.6 is 23.1 Å². The van der Waals surface area contributed by atoms with Crippen LogP contribution in [0.25, 0.3) is 0 Å². The Kier molecular flexibility index (Phi) is 8.19. The van der Waals surface area contributed by atoms with E-state index in [-0.39, 0.29) is 24.2 Å². The third-order valence-electron chi connectivity index (χ3n) is 4.97. The van der Waals surface area contributed by atoms with Crippen LogP contribution in [-0.2, 0) is 14.3 Å². The second-order valence-electron chi connectivity index (χ2n) is 7.10. The molecule has 9 heteroatoms. The van der Waals surface area contributed by atoms with Crippen molar-refractivity contribution in [2.24, 2.45) is 0 Å². The summed E-state index contributed by atoms with van der Waals surface area (Å²) in [7, 11) is 0. The van der Waals surface area contributed by atoms with E-state index in [1.54, 1.807) is 4.90 Å². The van der Waals surface area contributed by atoms with Crippen LogP contribution in [0.1, 0.15) is 57.8 Å². The summed E-state index contributed by atoms with van der Waals surface area (Å²) in [5.74, 6) is -0.337. The summed E-state index contributed by atoms with van der Waals surface area (Å²) in [4.78, 5) is 25.9. The number of rotatable bonds is 7. The topological polar surface area (TPSA) is 84.4 Å². The van der Waals surface area contributed by atoms with Gasteiger partial charge in [-0.3, -0.25) is 9.59 Å². The van der Waals surface area contributed by atoms with Gasteiger partial charge in [-0.15, -0.1) is 10.2 Å². The van der Waals surface area contributed by atoms with Gasteiger partial charge < -0.3 is 15.0 Å². The lowest BCUT2D eigenvalue weighted by Crippen LogP contribution is -2.35. The van der Waals surface area contributed by atoms with Crippen LogP contribution in [0, 0.1) is 0 Å². The first-order chi connectivity index (χ1) is 13.2. The number of ether oxygens (including phenoxy) is 1. The zero-order chi connectivity index (χ0) is 18.9. The highest BCUT2D eigenvalue weighted by Gasteiger charge is 2.18. The number of nitrogens with one attached hydrogen (secondary N) is 1. The molecule has 1 N–H and O–H groups in total. The van der Waals surface area contributed by atoms with Crippen molar-refractivity contribution in [2.75, 3.05) is 30.8 Å². The number of likely N-dealkylation sites (tertiary alicyclic amines) is 1. The van der Waals surface area contributed by atoms with Gasteiger partial charge in [0.25, 0.3) is 5.91 Å². The van der Waals surface area contributed by atoms with Crippen LogP contribution < -0.4 is 5.32 Å². The number of carbonyl (C=O) groups is 2. The fourth-order valence-electron chi connectivity index (χ4n) is 3.46. The van der Waals surface area contributed by atoms with Crippen molar-refractivity contribution < 1.29 is 14.3 Å². The molecule has 2 fully saturated rings. The van der Waals surface area contributed by atoms with Gasteiger partial charge in [-0.25, -0.2) is 0 Å². The molecule has 2 aliphatic rings. The van der Waals surface area contributed by atoms with E-state index in [1.165, 1.54) is 68.0 Å². The van der Waals surface area contributed by atoms with Gasteiger partial charge in [0.2, 0.25) is 5.13 Å². The zero-order valence-corrected chi connectivity index (χ0v) is 17.3. The molecule has 0 aromatic carbocycles. The van der Waals surface area contributed by atoms with Gasteiger partial charge >= 0.3 is 5.97 Å². The predicted molar refractivity (Wildman–Crippen MR) is 107 cm³/mol. The minimum atomic E-state index is -0.389. The highest BCUT2D eigenvalue weighted by atomic mass is 32.2. The fraction of sp³-hybridized carbons (Fsp3) is 0.778. The molecule has 1 amide bonds. The first-order valence-corrected chi connectivity index (χ1v) is 11.7. The second kappa shape index (κ2) is 10.8. The minimum absolute atomic E-state index is 0.0925. The average molecular weight is 413 g/mol. The van der Waals surface area contributed by atoms with Crippen molar-refractivity contribution in [3.63, 3.8) is 0 Å². The number of nitrogens with zero attached hydrogens (tertiary/aromatic N) is 3. The molecule has 0 radical (unpaired) electrons. The van der Waals surface area contributed by atoms with Crippen molar-refractivity contribution in [3.05, 3.63) is 0 Å². The molecule has 27 heavy (non-hydrogen) atoms. The van der Waals surface area contributed by atoms with E-state index in [0.29, 0.717) is 6.04 Å². The Bertz CT molecular complexity index is 612. The molecule has 0 bridgehead atoms. The molecule has 2 heterocycles. The molecule has 3 rings (SSSR count). The third-order valence-corrected chi connectivity index (χ3v) is 6.93. The van der Waals surface area contributed by atoms with Crippen molar-refractivity contribution in [2.45, 2.75) is 68.2 Å². The smallest absolute Gasteiger partial charge is 0.316 e. The number of anilines is 1. The number of thioether (sulfide) groups is 1. The summed E-state index contributed by atoms with van der Waals surface area (Å²) < 4.78 is 5.88. The van der Waals surface area contributed by atoms with E-state index < -0.39 is 0 Å². The summed E-state index contributed by atoms with van der Waals surface area (Å²) in [6.07, 6.45) is 10.6. The number of amides is 1. The monoisotopic (exact) mass is 412 g/mol. The molecule has 1 saturated carbocycles. The maximum atomic E-state index is 12.1. The number of hydrogen-bond donors (Lipinski definition) is 1. The SMILES string of the molecule is O=C(CSc1nnc(NC2CCCCC2)s1)OCC(=O)N1CCCCCC1. The van der Waals surface area contributed by atoms with E-state index in [4.69, 9.17) is 4.74 Å². The van der Waals surface area contributed by atoms with Gasteiger partial charge in [-0.2, -0.15) is 0 Å². The summed E-state index contributed by atoms with van der Waals surface area (Å²) in [6.45, 7) is 1.38. The molecule has 1 aliphatic heterocycles. The van der Waals surface area contributed by atoms with Gasteiger partial charge in [-0.05, 0) is 25.7 Å². The first kappa shape index (κ1) is 20.4. The van der Waals surface area contributed by atoms with Crippen LogP contribution in [0.15, 0.2) is 4.34 Å². The number of hydrogen-bond acceptors (Lipinski definition) is 8. The second-order valence-corrected chi connectivity index (χ2v) is 9.30. The van der Waals surface area contributed by atoms with Crippen LogP contribution in [0.5, 0.6) is 0 Å². The summed E-state index contributed by atoms with van der Waals surface area (Å²) in [5, 5.41) is 12.5. The van der Waals surface area contributed by atoms with E-state index in [1.807, 2.05) is 0 Å². The van der Waals surface area contributed by atoms with Gasteiger partial charge in [0.15, 0.2) is 10.9 Å². The Morgan fingerprint density at radius 2 is 1.78 bits per heavy atom. The van der Waals surface area contributed by atoms with Gasteiger partial charge in [0.1, 0.15) is 0 Å². The Morgan fingerprint density at radius 3 is 2.52 bits per heavy atom. The van der Waals surface area contributed by atoms with E-state index >= 15 is 0 Å². The normalized spacial score (nSPS) is 18.7. The summed E-state index contributed by atoms with van der Waals surface area (Å²) in [5.41, 5.74) is 0. The maximum Gasteiger partial charge on any atom is 0.316 e. The van der Waals surface area contributed by atoms with Gasteiger partial charge in [0, 0.05) is 19.1 Å². The van der Waals surface area contributed by atoms with E-state index in [9.17, 15) is 9.59 Å². The highest BCUT2D eigenvalue weighted by molar-refractivity contribution is 8.01.